The zero-order valence-electron chi connectivity index (χ0n) is 11.2. The molecule has 0 bridgehead atoms. The fourth-order valence-corrected chi connectivity index (χ4v) is 1.55. The van der Waals surface area contributed by atoms with Crippen LogP contribution in [0.2, 0.25) is 0 Å². The lowest BCUT2D eigenvalue weighted by Gasteiger charge is -2.07. The number of nitrogens with zero attached hydrogens (tertiary/aromatic N) is 2. The second-order valence-electron chi connectivity index (χ2n) is 4.16. The second-order valence-corrected chi connectivity index (χ2v) is 4.16. The lowest BCUT2D eigenvalue weighted by Crippen LogP contribution is -2.10. The van der Waals surface area contributed by atoms with Gasteiger partial charge in [0.2, 0.25) is 11.8 Å². The summed E-state index contributed by atoms with van der Waals surface area (Å²) in [5, 5.41) is 3.15. The number of benzene rings is 1. The van der Waals surface area contributed by atoms with E-state index in [2.05, 4.69) is 22.2 Å². The van der Waals surface area contributed by atoms with E-state index >= 15 is 0 Å². The maximum Gasteiger partial charge on any atom is 0.248 e. The normalized spacial score (nSPS) is 10.1. The summed E-state index contributed by atoms with van der Waals surface area (Å²) >= 11 is 0. The Hall–Kier alpha value is -2.63. The SMILES string of the molecule is CCCNc1cc(Oc2ccc(C(N)=O)cc2)ncn1. The van der Waals surface area contributed by atoms with Crippen molar-refractivity contribution in [2.75, 3.05) is 11.9 Å². The van der Waals surface area contributed by atoms with Crippen molar-refractivity contribution in [3.05, 3.63) is 42.2 Å². The number of nitrogens with two attached hydrogens (primary N) is 1. The van der Waals surface area contributed by atoms with E-state index in [1.54, 1.807) is 30.3 Å². The highest BCUT2D eigenvalue weighted by Crippen LogP contribution is 2.21. The Bertz CT molecular complexity index is 584. The fourth-order valence-electron chi connectivity index (χ4n) is 1.55. The molecule has 0 saturated heterocycles. The second kappa shape index (κ2) is 6.51. The van der Waals surface area contributed by atoms with E-state index in [4.69, 9.17) is 10.5 Å². The topological polar surface area (TPSA) is 90.1 Å². The summed E-state index contributed by atoms with van der Waals surface area (Å²) in [4.78, 5) is 19.1. The molecule has 1 amide bonds. The van der Waals surface area contributed by atoms with Crippen LogP contribution in [0.5, 0.6) is 11.6 Å². The van der Waals surface area contributed by atoms with Crippen molar-refractivity contribution in [2.45, 2.75) is 13.3 Å². The minimum absolute atomic E-state index is 0.435. The lowest BCUT2D eigenvalue weighted by atomic mass is 10.2. The van der Waals surface area contributed by atoms with Gasteiger partial charge in [0.05, 0.1) is 0 Å². The molecule has 2 aromatic rings. The molecule has 0 saturated carbocycles. The van der Waals surface area contributed by atoms with Crippen LogP contribution in [0.25, 0.3) is 0 Å². The molecular weight excluding hydrogens is 256 g/mol. The lowest BCUT2D eigenvalue weighted by molar-refractivity contribution is 0.100. The molecule has 104 valence electrons. The molecular formula is C14H16N4O2. The highest BCUT2D eigenvalue weighted by molar-refractivity contribution is 5.92. The quantitative estimate of drug-likeness (QED) is 0.841. The smallest absolute Gasteiger partial charge is 0.248 e. The van der Waals surface area contributed by atoms with Gasteiger partial charge in [-0.05, 0) is 30.7 Å². The van der Waals surface area contributed by atoms with Crippen LogP contribution in [-0.2, 0) is 0 Å². The third kappa shape index (κ3) is 3.68. The molecule has 0 fully saturated rings. The van der Waals surface area contributed by atoms with Gasteiger partial charge in [-0.15, -0.1) is 0 Å². The number of primary amides is 1. The van der Waals surface area contributed by atoms with Crippen molar-refractivity contribution >= 4 is 11.7 Å². The van der Waals surface area contributed by atoms with Crippen molar-refractivity contribution in [3.63, 3.8) is 0 Å². The first-order valence-electron chi connectivity index (χ1n) is 6.32. The van der Waals surface area contributed by atoms with E-state index in [0.717, 1.165) is 13.0 Å². The van der Waals surface area contributed by atoms with Crippen molar-refractivity contribution in [3.8, 4) is 11.6 Å². The monoisotopic (exact) mass is 272 g/mol. The first-order valence-corrected chi connectivity index (χ1v) is 6.32. The number of ether oxygens (including phenoxy) is 1. The molecule has 0 atom stereocenters. The van der Waals surface area contributed by atoms with Crippen LogP contribution in [0, 0.1) is 0 Å². The maximum atomic E-state index is 11.0. The summed E-state index contributed by atoms with van der Waals surface area (Å²) in [7, 11) is 0. The number of hydrogen-bond donors (Lipinski definition) is 2. The molecule has 0 aliphatic rings. The molecule has 6 heteroatoms. The van der Waals surface area contributed by atoms with Gasteiger partial charge in [0.1, 0.15) is 17.9 Å². The highest BCUT2D eigenvalue weighted by atomic mass is 16.5. The summed E-state index contributed by atoms with van der Waals surface area (Å²) in [6, 6.07) is 8.27. The average Bonchev–Trinajstić information content (AvgIpc) is 2.46. The Balaban J connectivity index is 2.07. The minimum atomic E-state index is -0.468. The molecule has 1 aromatic carbocycles. The number of amides is 1. The number of hydrogen-bond acceptors (Lipinski definition) is 5. The maximum absolute atomic E-state index is 11.0. The van der Waals surface area contributed by atoms with Gasteiger partial charge in [0.25, 0.3) is 0 Å². The van der Waals surface area contributed by atoms with Crippen molar-refractivity contribution in [2.24, 2.45) is 5.73 Å². The molecule has 1 heterocycles. The van der Waals surface area contributed by atoms with Crippen LogP contribution < -0.4 is 15.8 Å². The van der Waals surface area contributed by atoms with Crippen LogP contribution >= 0.6 is 0 Å². The average molecular weight is 272 g/mol. The van der Waals surface area contributed by atoms with Crippen molar-refractivity contribution < 1.29 is 9.53 Å². The first-order chi connectivity index (χ1) is 9.69. The highest BCUT2D eigenvalue weighted by Gasteiger charge is 2.03. The Morgan fingerprint density at radius 1 is 1.30 bits per heavy atom. The Kier molecular flexibility index (Phi) is 4.49. The van der Waals surface area contributed by atoms with Crippen LogP contribution in [0.1, 0.15) is 23.7 Å². The molecule has 0 unspecified atom stereocenters. The van der Waals surface area contributed by atoms with Gasteiger partial charge >= 0.3 is 0 Å². The molecule has 0 aliphatic carbocycles. The largest absolute Gasteiger partial charge is 0.439 e. The van der Waals surface area contributed by atoms with Gasteiger partial charge in [0, 0.05) is 18.2 Å². The number of carbonyl (C=O) groups excluding carboxylic acids is 1. The summed E-state index contributed by atoms with van der Waals surface area (Å²) < 4.78 is 5.59. The summed E-state index contributed by atoms with van der Waals surface area (Å²) in [5.41, 5.74) is 5.61. The predicted octanol–water partition coefficient (Wildman–Crippen LogP) is 2.19. The number of anilines is 1. The van der Waals surface area contributed by atoms with Gasteiger partial charge in [0.15, 0.2) is 0 Å². The van der Waals surface area contributed by atoms with E-state index in [-0.39, 0.29) is 0 Å². The van der Waals surface area contributed by atoms with Crippen molar-refractivity contribution in [1.82, 2.24) is 9.97 Å². The Labute approximate surface area is 117 Å². The zero-order chi connectivity index (χ0) is 14.4. The molecule has 0 radical (unpaired) electrons. The standard InChI is InChI=1S/C14H16N4O2/c1-2-7-16-12-8-13(18-9-17-12)20-11-5-3-10(4-6-11)14(15)19/h3-6,8-9H,2,7H2,1H3,(H2,15,19)(H,16,17,18). The Morgan fingerprint density at radius 2 is 2.05 bits per heavy atom. The van der Waals surface area contributed by atoms with Gasteiger partial charge in [-0.3, -0.25) is 4.79 Å². The first kappa shape index (κ1) is 13.8. The van der Waals surface area contributed by atoms with Crippen LogP contribution in [0.3, 0.4) is 0 Å². The van der Waals surface area contributed by atoms with Gasteiger partial charge in [-0.1, -0.05) is 6.92 Å². The van der Waals surface area contributed by atoms with E-state index in [1.165, 1.54) is 6.33 Å². The third-order valence-corrected chi connectivity index (χ3v) is 2.56. The molecule has 0 spiro atoms. The van der Waals surface area contributed by atoms with Crippen LogP contribution in [0.4, 0.5) is 5.82 Å². The third-order valence-electron chi connectivity index (χ3n) is 2.56. The predicted molar refractivity (Wildman–Crippen MR) is 75.8 cm³/mol. The van der Waals surface area contributed by atoms with E-state index < -0.39 is 5.91 Å². The zero-order valence-corrected chi connectivity index (χ0v) is 11.2. The Morgan fingerprint density at radius 3 is 2.70 bits per heavy atom. The van der Waals surface area contributed by atoms with E-state index in [9.17, 15) is 4.79 Å². The molecule has 6 nitrogen and oxygen atoms in total. The van der Waals surface area contributed by atoms with Crippen molar-refractivity contribution in [1.29, 1.82) is 0 Å². The number of aromatic nitrogens is 2. The van der Waals surface area contributed by atoms with Gasteiger partial charge < -0.3 is 15.8 Å². The number of nitrogens with one attached hydrogen (secondary N) is 1. The van der Waals surface area contributed by atoms with Gasteiger partial charge in [-0.2, -0.15) is 0 Å². The summed E-state index contributed by atoms with van der Waals surface area (Å²) in [5.74, 6) is 1.26. The van der Waals surface area contributed by atoms with Crippen LogP contribution in [-0.4, -0.2) is 22.4 Å². The minimum Gasteiger partial charge on any atom is -0.439 e. The van der Waals surface area contributed by atoms with E-state index in [0.29, 0.717) is 23.0 Å². The van der Waals surface area contributed by atoms with Gasteiger partial charge in [-0.25, -0.2) is 9.97 Å². The molecule has 3 N–H and O–H groups in total. The number of rotatable bonds is 6. The summed E-state index contributed by atoms with van der Waals surface area (Å²) in [6.07, 6.45) is 2.44. The molecule has 0 aliphatic heterocycles. The fraction of sp³-hybridized carbons (Fsp3) is 0.214. The summed E-state index contributed by atoms with van der Waals surface area (Å²) in [6.45, 7) is 2.91. The molecule has 20 heavy (non-hydrogen) atoms. The van der Waals surface area contributed by atoms with E-state index in [1.807, 2.05) is 0 Å². The molecule has 2 rings (SSSR count). The molecule has 1 aromatic heterocycles. The van der Waals surface area contributed by atoms with Crippen LogP contribution in [0.15, 0.2) is 36.7 Å². The number of carbonyl (C=O) groups is 1.